The molecule has 2 N–H and O–H groups in total. The highest BCUT2D eigenvalue weighted by Gasteiger charge is 2.32. The summed E-state index contributed by atoms with van der Waals surface area (Å²) in [5.74, 6) is 0.709. The third-order valence-corrected chi connectivity index (χ3v) is 4.67. The van der Waals surface area contributed by atoms with E-state index in [0.29, 0.717) is 17.5 Å². The molecular formula is C20H21F3N8. The third-order valence-electron chi connectivity index (χ3n) is 4.67. The lowest BCUT2D eigenvalue weighted by Gasteiger charge is -2.26. The standard InChI is InChI=1S/C20H21F3N8/c1-13-6-5-7-15(25-13)17-27-18(26-14-8-9-24-16(12-14)20(21,22)23)29-19(28-17)30-31-10-3-2-4-11-31/h5-9,12H,2-4,10-11H2,1H3,(H2,24,26,27,28,29,30). The number of rotatable bonds is 5. The summed E-state index contributed by atoms with van der Waals surface area (Å²) < 4.78 is 39.0. The van der Waals surface area contributed by atoms with Crippen LogP contribution in [-0.2, 0) is 6.18 Å². The largest absolute Gasteiger partial charge is 0.433 e. The second-order valence-electron chi connectivity index (χ2n) is 7.18. The quantitative estimate of drug-likeness (QED) is 0.622. The molecule has 1 aliphatic rings. The molecular weight excluding hydrogens is 409 g/mol. The highest BCUT2D eigenvalue weighted by molar-refractivity contribution is 5.58. The van der Waals surface area contributed by atoms with Gasteiger partial charge in [0.05, 0.1) is 0 Å². The van der Waals surface area contributed by atoms with Gasteiger partial charge in [-0.05, 0) is 44.0 Å². The maximum atomic E-state index is 13.0. The smallest absolute Gasteiger partial charge is 0.324 e. The SMILES string of the molecule is Cc1cccc(-c2nc(Nc3ccnc(C(F)(F)F)c3)nc(NN3CCCCC3)n2)n1. The molecule has 0 spiro atoms. The Kier molecular flexibility index (Phi) is 5.94. The van der Waals surface area contributed by atoms with Gasteiger partial charge in [0.25, 0.3) is 0 Å². The summed E-state index contributed by atoms with van der Waals surface area (Å²) >= 11 is 0. The number of anilines is 3. The first kappa shape index (κ1) is 20.9. The van der Waals surface area contributed by atoms with Gasteiger partial charge >= 0.3 is 6.18 Å². The fourth-order valence-electron chi connectivity index (χ4n) is 3.20. The fourth-order valence-corrected chi connectivity index (χ4v) is 3.20. The molecule has 4 heterocycles. The topological polar surface area (TPSA) is 91.8 Å². The minimum absolute atomic E-state index is 0.104. The van der Waals surface area contributed by atoms with Crippen LogP contribution < -0.4 is 10.7 Å². The zero-order valence-electron chi connectivity index (χ0n) is 16.8. The molecule has 162 valence electrons. The van der Waals surface area contributed by atoms with Crippen molar-refractivity contribution in [2.24, 2.45) is 0 Å². The Hall–Kier alpha value is -3.34. The second-order valence-corrected chi connectivity index (χ2v) is 7.18. The van der Waals surface area contributed by atoms with Gasteiger partial charge in [0, 0.05) is 30.7 Å². The molecule has 1 aliphatic heterocycles. The molecule has 0 aliphatic carbocycles. The number of halogens is 3. The maximum absolute atomic E-state index is 13.0. The fraction of sp³-hybridized carbons (Fsp3) is 0.350. The number of aryl methyl sites for hydroxylation is 1. The van der Waals surface area contributed by atoms with Crippen molar-refractivity contribution in [1.29, 1.82) is 0 Å². The van der Waals surface area contributed by atoms with Crippen LogP contribution in [0.15, 0.2) is 36.5 Å². The Balaban J connectivity index is 1.67. The predicted molar refractivity (Wildman–Crippen MR) is 109 cm³/mol. The molecule has 0 unspecified atom stereocenters. The van der Waals surface area contributed by atoms with Crippen LogP contribution >= 0.6 is 0 Å². The average molecular weight is 430 g/mol. The molecule has 0 atom stereocenters. The maximum Gasteiger partial charge on any atom is 0.433 e. The van der Waals surface area contributed by atoms with Gasteiger partial charge in [0.15, 0.2) is 5.82 Å². The van der Waals surface area contributed by atoms with Crippen LogP contribution in [-0.4, -0.2) is 43.0 Å². The van der Waals surface area contributed by atoms with Gasteiger partial charge in [-0.15, -0.1) is 0 Å². The van der Waals surface area contributed by atoms with E-state index in [0.717, 1.165) is 43.9 Å². The zero-order chi connectivity index (χ0) is 21.8. The minimum Gasteiger partial charge on any atom is -0.324 e. The van der Waals surface area contributed by atoms with Crippen LogP contribution in [0, 0.1) is 6.92 Å². The minimum atomic E-state index is -4.55. The Morgan fingerprint density at radius 3 is 2.45 bits per heavy atom. The molecule has 0 radical (unpaired) electrons. The predicted octanol–water partition coefficient (Wildman–Crippen LogP) is 4.21. The van der Waals surface area contributed by atoms with Crippen molar-refractivity contribution in [2.45, 2.75) is 32.4 Å². The molecule has 3 aromatic rings. The number of hydrogen-bond donors (Lipinski definition) is 2. The van der Waals surface area contributed by atoms with Crippen LogP contribution in [0.3, 0.4) is 0 Å². The lowest BCUT2D eigenvalue weighted by Crippen LogP contribution is -2.35. The van der Waals surface area contributed by atoms with E-state index in [1.54, 1.807) is 6.07 Å². The Morgan fingerprint density at radius 1 is 0.935 bits per heavy atom. The van der Waals surface area contributed by atoms with Crippen LogP contribution in [0.2, 0.25) is 0 Å². The Labute approximate surface area is 177 Å². The second kappa shape index (κ2) is 8.80. The van der Waals surface area contributed by atoms with Crippen LogP contribution in [0.4, 0.5) is 30.8 Å². The molecule has 0 amide bonds. The lowest BCUT2D eigenvalue weighted by atomic mass is 10.2. The lowest BCUT2D eigenvalue weighted by molar-refractivity contribution is -0.141. The molecule has 1 fully saturated rings. The van der Waals surface area contributed by atoms with Crippen molar-refractivity contribution >= 4 is 17.6 Å². The van der Waals surface area contributed by atoms with Crippen molar-refractivity contribution < 1.29 is 13.2 Å². The summed E-state index contributed by atoms with van der Waals surface area (Å²) in [6, 6.07) is 7.79. The summed E-state index contributed by atoms with van der Waals surface area (Å²) in [7, 11) is 0. The van der Waals surface area contributed by atoms with Crippen LogP contribution in [0.5, 0.6) is 0 Å². The van der Waals surface area contributed by atoms with E-state index in [9.17, 15) is 13.2 Å². The first-order chi connectivity index (χ1) is 14.9. The van der Waals surface area contributed by atoms with Gasteiger partial charge in [0.2, 0.25) is 11.9 Å². The van der Waals surface area contributed by atoms with Crippen molar-refractivity contribution in [2.75, 3.05) is 23.8 Å². The van der Waals surface area contributed by atoms with E-state index in [4.69, 9.17) is 0 Å². The van der Waals surface area contributed by atoms with Gasteiger partial charge in [-0.3, -0.25) is 10.4 Å². The monoisotopic (exact) mass is 430 g/mol. The summed E-state index contributed by atoms with van der Waals surface area (Å²) in [6.07, 6.45) is -0.166. The van der Waals surface area contributed by atoms with Gasteiger partial charge < -0.3 is 5.32 Å². The van der Waals surface area contributed by atoms with Crippen molar-refractivity contribution in [3.8, 4) is 11.5 Å². The van der Waals surface area contributed by atoms with Crippen molar-refractivity contribution in [1.82, 2.24) is 29.9 Å². The highest BCUT2D eigenvalue weighted by Crippen LogP contribution is 2.29. The number of aromatic nitrogens is 5. The molecule has 8 nitrogen and oxygen atoms in total. The summed E-state index contributed by atoms with van der Waals surface area (Å²) in [6.45, 7) is 3.56. The summed E-state index contributed by atoms with van der Waals surface area (Å²) in [5, 5.41) is 4.85. The van der Waals surface area contributed by atoms with Crippen LogP contribution in [0.25, 0.3) is 11.5 Å². The first-order valence-electron chi connectivity index (χ1n) is 9.89. The summed E-state index contributed by atoms with van der Waals surface area (Å²) in [4.78, 5) is 21.0. The molecule has 4 rings (SSSR count). The van der Waals surface area contributed by atoms with E-state index in [-0.39, 0.29) is 11.6 Å². The summed E-state index contributed by atoms with van der Waals surface area (Å²) in [5.41, 5.74) is 3.68. The number of hydrogen-bond acceptors (Lipinski definition) is 8. The average Bonchev–Trinajstić information content (AvgIpc) is 2.74. The van der Waals surface area contributed by atoms with E-state index in [1.165, 1.54) is 12.5 Å². The van der Waals surface area contributed by atoms with E-state index < -0.39 is 11.9 Å². The molecule has 31 heavy (non-hydrogen) atoms. The number of piperidine rings is 1. The normalized spacial score (nSPS) is 15.0. The zero-order valence-corrected chi connectivity index (χ0v) is 16.8. The van der Waals surface area contributed by atoms with Gasteiger partial charge in [-0.2, -0.15) is 28.1 Å². The third kappa shape index (κ3) is 5.43. The molecule has 0 bridgehead atoms. The van der Waals surface area contributed by atoms with Crippen molar-refractivity contribution in [3.63, 3.8) is 0 Å². The number of pyridine rings is 2. The van der Waals surface area contributed by atoms with E-state index in [2.05, 4.69) is 35.7 Å². The van der Waals surface area contributed by atoms with Gasteiger partial charge in [-0.1, -0.05) is 12.5 Å². The van der Waals surface area contributed by atoms with Crippen molar-refractivity contribution in [3.05, 3.63) is 47.9 Å². The number of alkyl halides is 3. The van der Waals surface area contributed by atoms with E-state index in [1.807, 2.05) is 24.1 Å². The highest BCUT2D eigenvalue weighted by atomic mass is 19.4. The van der Waals surface area contributed by atoms with Gasteiger partial charge in [0.1, 0.15) is 11.4 Å². The van der Waals surface area contributed by atoms with Crippen LogP contribution in [0.1, 0.15) is 30.7 Å². The van der Waals surface area contributed by atoms with E-state index >= 15 is 0 Å². The number of nitrogens with one attached hydrogen (secondary N) is 2. The molecule has 0 aromatic carbocycles. The first-order valence-corrected chi connectivity index (χ1v) is 9.89. The Bertz CT molecular complexity index is 1050. The molecule has 1 saturated heterocycles. The molecule has 11 heteroatoms. The molecule has 3 aromatic heterocycles. The number of hydrazine groups is 1. The number of nitrogens with zero attached hydrogens (tertiary/aromatic N) is 6. The molecule has 0 saturated carbocycles. The Morgan fingerprint density at radius 2 is 1.71 bits per heavy atom. The van der Waals surface area contributed by atoms with Gasteiger partial charge in [-0.25, -0.2) is 9.99 Å².